The molecule has 23 heavy (non-hydrogen) atoms. The molecule has 1 aromatic carbocycles. The van der Waals surface area contributed by atoms with Crippen molar-refractivity contribution in [2.24, 2.45) is 0 Å². The van der Waals surface area contributed by atoms with Gasteiger partial charge in [-0.15, -0.1) is 0 Å². The van der Waals surface area contributed by atoms with Crippen molar-refractivity contribution in [1.29, 1.82) is 0 Å². The Balaban J connectivity index is 2.45. The number of anilines is 2. The van der Waals surface area contributed by atoms with Gasteiger partial charge in [-0.1, -0.05) is 23.9 Å². The number of nitro benzene ring substituents is 1. The van der Waals surface area contributed by atoms with Gasteiger partial charge in [0.2, 0.25) is 0 Å². The zero-order valence-corrected chi connectivity index (χ0v) is 13.3. The predicted octanol–water partition coefficient (Wildman–Crippen LogP) is 3.03. The normalized spacial score (nSPS) is 10.2. The maximum absolute atomic E-state index is 12.0. The molecule has 0 aliphatic carbocycles. The topological polar surface area (TPSA) is 107 Å². The number of thioether (sulfide) groups is 1. The van der Waals surface area contributed by atoms with Crippen LogP contribution in [-0.4, -0.2) is 33.7 Å². The van der Waals surface area contributed by atoms with E-state index in [0.29, 0.717) is 5.16 Å². The lowest BCUT2D eigenvalue weighted by Crippen LogP contribution is -2.11. The minimum Gasteiger partial charge on any atom is -0.462 e. The number of esters is 1. The third-order valence-electron chi connectivity index (χ3n) is 2.80. The summed E-state index contributed by atoms with van der Waals surface area (Å²) in [5, 5.41) is 14.4. The largest absolute Gasteiger partial charge is 0.462 e. The van der Waals surface area contributed by atoms with Crippen molar-refractivity contribution in [1.82, 2.24) is 9.97 Å². The Labute approximate surface area is 136 Å². The molecule has 8 nitrogen and oxygen atoms in total. The van der Waals surface area contributed by atoms with Gasteiger partial charge in [0.15, 0.2) is 5.16 Å². The molecule has 0 radical (unpaired) electrons. The summed E-state index contributed by atoms with van der Waals surface area (Å²) in [4.78, 5) is 30.8. The van der Waals surface area contributed by atoms with Crippen molar-refractivity contribution in [2.75, 3.05) is 18.2 Å². The second-order valence-corrected chi connectivity index (χ2v) is 5.01. The molecule has 0 spiro atoms. The molecule has 0 aliphatic heterocycles. The molecular formula is C14H14N4O4S. The molecule has 1 aromatic heterocycles. The summed E-state index contributed by atoms with van der Waals surface area (Å²) in [7, 11) is 0. The number of para-hydroxylation sites is 2. The number of aromatic nitrogens is 2. The van der Waals surface area contributed by atoms with E-state index in [2.05, 4.69) is 15.3 Å². The van der Waals surface area contributed by atoms with Gasteiger partial charge in [0.1, 0.15) is 17.1 Å². The third-order valence-corrected chi connectivity index (χ3v) is 3.36. The number of carbonyl (C=O) groups excluding carboxylic acids is 1. The van der Waals surface area contributed by atoms with E-state index in [0.717, 1.165) is 0 Å². The Kier molecular flexibility index (Phi) is 5.47. The highest BCUT2D eigenvalue weighted by Crippen LogP contribution is 2.28. The van der Waals surface area contributed by atoms with Crippen LogP contribution in [0, 0.1) is 10.1 Å². The molecule has 0 unspecified atom stereocenters. The highest BCUT2D eigenvalue weighted by atomic mass is 32.2. The number of benzene rings is 1. The second-order valence-electron chi connectivity index (χ2n) is 4.24. The smallest absolute Gasteiger partial charge is 0.343 e. The van der Waals surface area contributed by atoms with Crippen molar-refractivity contribution < 1.29 is 14.5 Å². The van der Waals surface area contributed by atoms with Gasteiger partial charge in [-0.2, -0.15) is 0 Å². The van der Waals surface area contributed by atoms with Crippen LogP contribution in [0.1, 0.15) is 17.3 Å². The monoisotopic (exact) mass is 334 g/mol. The number of hydrogen-bond donors (Lipinski definition) is 1. The first-order valence-corrected chi connectivity index (χ1v) is 7.87. The molecule has 2 rings (SSSR count). The average molecular weight is 334 g/mol. The lowest BCUT2D eigenvalue weighted by Gasteiger charge is -2.11. The first kappa shape index (κ1) is 16.7. The van der Waals surface area contributed by atoms with Gasteiger partial charge >= 0.3 is 5.97 Å². The van der Waals surface area contributed by atoms with E-state index < -0.39 is 10.9 Å². The first-order chi connectivity index (χ1) is 11.1. The second kappa shape index (κ2) is 7.54. The summed E-state index contributed by atoms with van der Waals surface area (Å²) in [6, 6.07) is 6.11. The summed E-state index contributed by atoms with van der Waals surface area (Å²) in [5.74, 6) is -0.432. The van der Waals surface area contributed by atoms with Crippen LogP contribution in [-0.2, 0) is 4.74 Å². The van der Waals surface area contributed by atoms with E-state index in [4.69, 9.17) is 4.74 Å². The highest BCUT2D eigenvalue weighted by Gasteiger charge is 2.19. The number of ether oxygens (including phenoxy) is 1. The molecule has 0 amide bonds. The molecule has 0 aliphatic rings. The van der Waals surface area contributed by atoms with Crippen molar-refractivity contribution in [3.63, 3.8) is 0 Å². The van der Waals surface area contributed by atoms with Crippen LogP contribution in [0.15, 0.2) is 35.6 Å². The average Bonchev–Trinajstić information content (AvgIpc) is 2.55. The van der Waals surface area contributed by atoms with E-state index in [1.807, 2.05) is 0 Å². The predicted molar refractivity (Wildman–Crippen MR) is 86.1 cm³/mol. The number of nitrogens with one attached hydrogen (secondary N) is 1. The Hall–Kier alpha value is -2.68. The lowest BCUT2D eigenvalue weighted by molar-refractivity contribution is -0.383. The standard InChI is InChI=1S/C14H14N4O4S/c1-3-22-13(19)9-8-15-14(23-2)17-12(9)16-10-6-4-5-7-11(10)18(20)21/h4-8H,3H2,1-2H3,(H,15,16,17). The molecule has 0 atom stereocenters. The summed E-state index contributed by atoms with van der Waals surface area (Å²) >= 11 is 1.29. The van der Waals surface area contributed by atoms with E-state index in [1.54, 1.807) is 25.3 Å². The number of hydrogen-bond acceptors (Lipinski definition) is 8. The minimum atomic E-state index is -0.596. The van der Waals surface area contributed by atoms with Gasteiger partial charge in [-0.3, -0.25) is 10.1 Å². The Morgan fingerprint density at radius 3 is 2.83 bits per heavy atom. The van der Waals surface area contributed by atoms with Crippen LogP contribution >= 0.6 is 11.8 Å². The van der Waals surface area contributed by atoms with E-state index in [1.165, 1.54) is 30.1 Å². The van der Waals surface area contributed by atoms with Crippen molar-refractivity contribution in [3.8, 4) is 0 Å². The SMILES string of the molecule is CCOC(=O)c1cnc(SC)nc1Nc1ccccc1[N+](=O)[O-]. The van der Waals surface area contributed by atoms with E-state index >= 15 is 0 Å². The molecule has 1 N–H and O–H groups in total. The summed E-state index contributed by atoms with van der Waals surface area (Å²) < 4.78 is 4.96. The Morgan fingerprint density at radius 1 is 1.43 bits per heavy atom. The lowest BCUT2D eigenvalue weighted by atomic mass is 10.2. The fourth-order valence-corrected chi connectivity index (χ4v) is 2.12. The molecular weight excluding hydrogens is 320 g/mol. The van der Waals surface area contributed by atoms with Crippen LogP contribution in [0.25, 0.3) is 0 Å². The minimum absolute atomic E-state index is 0.114. The number of rotatable bonds is 6. The number of nitro groups is 1. The fraction of sp³-hybridized carbons (Fsp3) is 0.214. The number of carbonyl (C=O) groups is 1. The fourth-order valence-electron chi connectivity index (χ4n) is 1.78. The zero-order valence-electron chi connectivity index (χ0n) is 12.5. The Morgan fingerprint density at radius 2 is 2.17 bits per heavy atom. The Bertz CT molecular complexity index is 738. The van der Waals surface area contributed by atoms with Crippen LogP contribution in [0.5, 0.6) is 0 Å². The van der Waals surface area contributed by atoms with Gasteiger partial charge in [-0.05, 0) is 19.2 Å². The van der Waals surface area contributed by atoms with Crippen LogP contribution < -0.4 is 5.32 Å². The summed E-state index contributed by atoms with van der Waals surface area (Å²) in [6.45, 7) is 1.89. The van der Waals surface area contributed by atoms with Gasteiger partial charge in [-0.25, -0.2) is 14.8 Å². The van der Waals surface area contributed by atoms with Crippen molar-refractivity contribution in [2.45, 2.75) is 12.1 Å². The van der Waals surface area contributed by atoms with Gasteiger partial charge in [0.05, 0.1) is 11.5 Å². The zero-order chi connectivity index (χ0) is 16.8. The summed E-state index contributed by atoms with van der Waals surface area (Å²) in [6.07, 6.45) is 3.13. The van der Waals surface area contributed by atoms with E-state index in [-0.39, 0.29) is 29.4 Å². The van der Waals surface area contributed by atoms with Crippen LogP contribution in [0.3, 0.4) is 0 Å². The third kappa shape index (κ3) is 3.95. The van der Waals surface area contributed by atoms with Gasteiger partial charge in [0, 0.05) is 12.3 Å². The molecule has 2 aromatic rings. The van der Waals surface area contributed by atoms with Crippen molar-refractivity contribution >= 4 is 34.9 Å². The maximum Gasteiger partial charge on any atom is 0.343 e. The molecule has 0 bridgehead atoms. The molecule has 0 saturated heterocycles. The van der Waals surface area contributed by atoms with Crippen LogP contribution in [0.4, 0.5) is 17.2 Å². The van der Waals surface area contributed by atoms with Crippen LogP contribution in [0.2, 0.25) is 0 Å². The van der Waals surface area contributed by atoms with Gasteiger partial charge in [0.25, 0.3) is 5.69 Å². The highest BCUT2D eigenvalue weighted by molar-refractivity contribution is 7.98. The quantitative estimate of drug-likeness (QED) is 0.282. The molecule has 0 fully saturated rings. The molecule has 120 valence electrons. The summed E-state index contributed by atoms with van der Waals surface area (Å²) in [5.41, 5.74) is 0.225. The van der Waals surface area contributed by atoms with Gasteiger partial charge < -0.3 is 10.1 Å². The first-order valence-electron chi connectivity index (χ1n) is 6.65. The maximum atomic E-state index is 12.0. The van der Waals surface area contributed by atoms with Crippen molar-refractivity contribution in [3.05, 3.63) is 46.1 Å². The molecule has 9 heteroatoms. The number of nitrogens with zero attached hydrogens (tertiary/aromatic N) is 3. The molecule has 1 heterocycles. The van der Waals surface area contributed by atoms with E-state index in [9.17, 15) is 14.9 Å². The molecule has 0 saturated carbocycles.